The molecule has 0 spiro atoms. The van der Waals surface area contributed by atoms with Crippen molar-refractivity contribution in [3.63, 3.8) is 0 Å². The number of nitrogens with zero attached hydrogens (tertiary/aromatic N) is 1. The highest BCUT2D eigenvalue weighted by Crippen LogP contribution is 2.23. The van der Waals surface area contributed by atoms with E-state index in [-0.39, 0.29) is 5.91 Å². The highest BCUT2D eigenvalue weighted by atomic mass is 79.9. The van der Waals surface area contributed by atoms with Crippen LogP contribution >= 0.6 is 15.9 Å². The SMILES string of the molecule is Cc1ccc(NC(=O)c2cncc(N)c2)c(Br)c1. The van der Waals surface area contributed by atoms with E-state index in [1.807, 2.05) is 25.1 Å². The van der Waals surface area contributed by atoms with Gasteiger partial charge in [0.2, 0.25) is 0 Å². The van der Waals surface area contributed by atoms with E-state index < -0.39 is 0 Å². The quantitative estimate of drug-likeness (QED) is 0.896. The van der Waals surface area contributed by atoms with Crippen LogP contribution in [0, 0.1) is 6.92 Å². The van der Waals surface area contributed by atoms with Crippen LogP contribution in [0.5, 0.6) is 0 Å². The van der Waals surface area contributed by atoms with Gasteiger partial charge in [-0.1, -0.05) is 6.07 Å². The molecule has 0 unspecified atom stereocenters. The van der Waals surface area contributed by atoms with Gasteiger partial charge in [-0.15, -0.1) is 0 Å². The van der Waals surface area contributed by atoms with Crippen molar-refractivity contribution in [1.82, 2.24) is 4.98 Å². The van der Waals surface area contributed by atoms with Crippen molar-refractivity contribution in [3.8, 4) is 0 Å². The number of carbonyl (C=O) groups excluding carboxylic acids is 1. The molecule has 0 aliphatic carbocycles. The summed E-state index contributed by atoms with van der Waals surface area (Å²) in [5, 5.41) is 2.80. The Morgan fingerprint density at radius 1 is 1.33 bits per heavy atom. The number of pyridine rings is 1. The molecule has 0 atom stereocenters. The van der Waals surface area contributed by atoms with Gasteiger partial charge in [0.1, 0.15) is 0 Å². The predicted octanol–water partition coefficient (Wildman–Crippen LogP) is 2.99. The number of aryl methyl sites for hydroxylation is 1. The zero-order valence-corrected chi connectivity index (χ0v) is 11.4. The molecule has 3 N–H and O–H groups in total. The first-order chi connectivity index (χ1) is 8.56. The maximum Gasteiger partial charge on any atom is 0.257 e. The largest absolute Gasteiger partial charge is 0.397 e. The highest BCUT2D eigenvalue weighted by Gasteiger charge is 2.08. The molecule has 92 valence electrons. The Kier molecular flexibility index (Phi) is 3.62. The lowest BCUT2D eigenvalue weighted by Gasteiger charge is -2.08. The van der Waals surface area contributed by atoms with Crippen LogP contribution < -0.4 is 11.1 Å². The zero-order valence-electron chi connectivity index (χ0n) is 9.77. The molecular weight excluding hydrogens is 294 g/mol. The van der Waals surface area contributed by atoms with Crippen molar-refractivity contribution < 1.29 is 4.79 Å². The number of hydrogen-bond acceptors (Lipinski definition) is 3. The van der Waals surface area contributed by atoms with Crippen LogP contribution in [-0.4, -0.2) is 10.9 Å². The molecule has 0 aliphatic rings. The number of halogens is 1. The van der Waals surface area contributed by atoms with E-state index >= 15 is 0 Å². The number of benzene rings is 1. The Morgan fingerprint density at radius 3 is 2.78 bits per heavy atom. The van der Waals surface area contributed by atoms with E-state index in [0.717, 1.165) is 10.0 Å². The molecule has 1 heterocycles. The van der Waals surface area contributed by atoms with Gasteiger partial charge in [0, 0.05) is 16.9 Å². The maximum absolute atomic E-state index is 12.0. The summed E-state index contributed by atoms with van der Waals surface area (Å²) in [5.41, 5.74) is 8.32. The van der Waals surface area contributed by atoms with Crippen LogP contribution in [0.1, 0.15) is 15.9 Å². The minimum absolute atomic E-state index is 0.237. The number of nitrogens with one attached hydrogen (secondary N) is 1. The standard InChI is InChI=1S/C13H12BrN3O/c1-8-2-3-12(11(14)4-8)17-13(18)9-5-10(15)7-16-6-9/h2-7H,15H2,1H3,(H,17,18). The van der Waals surface area contributed by atoms with Crippen molar-refractivity contribution in [2.75, 3.05) is 11.1 Å². The molecular formula is C13H12BrN3O. The normalized spacial score (nSPS) is 10.1. The minimum Gasteiger partial charge on any atom is -0.397 e. The van der Waals surface area contributed by atoms with E-state index in [1.54, 1.807) is 6.07 Å². The lowest BCUT2D eigenvalue weighted by molar-refractivity contribution is 0.102. The molecule has 0 fully saturated rings. The van der Waals surface area contributed by atoms with Gasteiger partial charge >= 0.3 is 0 Å². The van der Waals surface area contributed by atoms with Crippen LogP contribution in [0.2, 0.25) is 0 Å². The smallest absolute Gasteiger partial charge is 0.257 e. The van der Waals surface area contributed by atoms with E-state index in [9.17, 15) is 4.79 Å². The number of carbonyl (C=O) groups is 1. The van der Waals surface area contributed by atoms with Crippen molar-refractivity contribution in [3.05, 3.63) is 52.3 Å². The van der Waals surface area contributed by atoms with Gasteiger partial charge in [0.15, 0.2) is 0 Å². The summed E-state index contributed by atoms with van der Waals surface area (Å²) in [5.74, 6) is -0.237. The molecule has 0 aliphatic heterocycles. The summed E-state index contributed by atoms with van der Waals surface area (Å²) in [7, 11) is 0. The van der Waals surface area contributed by atoms with Gasteiger partial charge < -0.3 is 11.1 Å². The summed E-state index contributed by atoms with van der Waals surface area (Å²) < 4.78 is 0.840. The molecule has 2 aromatic rings. The summed E-state index contributed by atoms with van der Waals surface area (Å²) in [4.78, 5) is 15.9. The van der Waals surface area contributed by atoms with Crippen molar-refractivity contribution in [2.24, 2.45) is 0 Å². The first-order valence-electron chi connectivity index (χ1n) is 5.34. The molecule has 1 aromatic carbocycles. The van der Waals surface area contributed by atoms with Gasteiger partial charge in [-0.2, -0.15) is 0 Å². The van der Waals surface area contributed by atoms with Crippen molar-refractivity contribution >= 4 is 33.2 Å². The van der Waals surface area contributed by atoms with Crippen molar-refractivity contribution in [1.29, 1.82) is 0 Å². The molecule has 0 saturated carbocycles. The Morgan fingerprint density at radius 2 is 2.11 bits per heavy atom. The van der Waals surface area contributed by atoms with Crippen LogP contribution in [-0.2, 0) is 0 Å². The number of rotatable bonds is 2. The highest BCUT2D eigenvalue weighted by molar-refractivity contribution is 9.10. The Hall–Kier alpha value is -1.88. The lowest BCUT2D eigenvalue weighted by Crippen LogP contribution is -2.13. The fourth-order valence-corrected chi connectivity index (χ4v) is 2.09. The van der Waals surface area contributed by atoms with Crippen LogP contribution in [0.4, 0.5) is 11.4 Å². The predicted molar refractivity (Wildman–Crippen MR) is 75.5 cm³/mol. The third-order valence-electron chi connectivity index (χ3n) is 2.39. The van der Waals surface area contributed by atoms with E-state index in [0.29, 0.717) is 16.9 Å². The Labute approximate surface area is 113 Å². The summed E-state index contributed by atoms with van der Waals surface area (Å²) in [6.45, 7) is 1.98. The second-order valence-electron chi connectivity index (χ2n) is 3.94. The van der Waals surface area contributed by atoms with Gasteiger partial charge in [-0.3, -0.25) is 9.78 Å². The number of nitrogens with two attached hydrogens (primary N) is 1. The first kappa shape index (κ1) is 12.6. The number of amides is 1. The molecule has 0 saturated heterocycles. The molecule has 4 nitrogen and oxygen atoms in total. The summed E-state index contributed by atoms with van der Waals surface area (Å²) in [6.07, 6.45) is 2.98. The number of nitrogen functional groups attached to an aromatic ring is 1. The van der Waals surface area contributed by atoms with Crippen LogP contribution in [0.25, 0.3) is 0 Å². The zero-order chi connectivity index (χ0) is 13.1. The second-order valence-corrected chi connectivity index (χ2v) is 4.80. The van der Waals surface area contributed by atoms with E-state index in [1.165, 1.54) is 12.4 Å². The van der Waals surface area contributed by atoms with Crippen molar-refractivity contribution in [2.45, 2.75) is 6.92 Å². The van der Waals surface area contributed by atoms with Crippen LogP contribution in [0.3, 0.4) is 0 Å². The molecule has 1 aromatic heterocycles. The fraction of sp³-hybridized carbons (Fsp3) is 0.0769. The van der Waals surface area contributed by atoms with Gasteiger partial charge in [-0.05, 0) is 46.6 Å². The lowest BCUT2D eigenvalue weighted by atomic mass is 10.2. The van der Waals surface area contributed by atoms with E-state index in [2.05, 4.69) is 26.2 Å². The molecule has 1 amide bonds. The number of hydrogen-bond donors (Lipinski definition) is 2. The van der Waals surface area contributed by atoms with Gasteiger partial charge in [0.05, 0.1) is 16.9 Å². The average Bonchev–Trinajstić information content (AvgIpc) is 2.32. The third-order valence-corrected chi connectivity index (χ3v) is 3.05. The van der Waals surface area contributed by atoms with Gasteiger partial charge in [0.25, 0.3) is 5.91 Å². The molecule has 18 heavy (non-hydrogen) atoms. The third kappa shape index (κ3) is 2.87. The minimum atomic E-state index is -0.237. The average molecular weight is 306 g/mol. The fourth-order valence-electron chi connectivity index (χ4n) is 1.50. The monoisotopic (exact) mass is 305 g/mol. The van der Waals surface area contributed by atoms with Crippen LogP contribution in [0.15, 0.2) is 41.1 Å². The summed E-state index contributed by atoms with van der Waals surface area (Å²) >= 11 is 3.41. The van der Waals surface area contributed by atoms with E-state index in [4.69, 9.17) is 5.73 Å². The van der Waals surface area contributed by atoms with Gasteiger partial charge in [-0.25, -0.2) is 0 Å². The second kappa shape index (κ2) is 5.18. The topological polar surface area (TPSA) is 68.0 Å². The molecule has 2 rings (SSSR count). The molecule has 5 heteroatoms. The number of aromatic nitrogens is 1. The molecule has 0 bridgehead atoms. The number of anilines is 2. The Balaban J connectivity index is 2.21. The first-order valence-corrected chi connectivity index (χ1v) is 6.13. The maximum atomic E-state index is 12.0. The summed E-state index contributed by atoms with van der Waals surface area (Å²) in [6, 6.07) is 7.30. The Bertz CT molecular complexity index is 599. The molecule has 0 radical (unpaired) electrons.